The van der Waals surface area contributed by atoms with E-state index >= 15 is 0 Å². The van der Waals surface area contributed by atoms with Gasteiger partial charge in [-0.1, -0.05) is 46.0 Å². The minimum Gasteiger partial charge on any atom is -0.446 e. The average Bonchev–Trinajstić information content (AvgIpc) is 2.92. The Labute approximate surface area is 121 Å². The van der Waals surface area contributed by atoms with E-state index in [1.54, 1.807) is 0 Å². The number of carbonyl (C=O) groups excluding carboxylic acids is 1. The normalized spacial score (nSPS) is 12.3. The fraction of sp³-hybridized carbons (Fsp3) is 0.733. The molecule has 5 heteroatoms. The number of oxazole rings is 1. The number of nitrogens with zero attached hydrogens (tertiary/aromatic N) is 1. The van der Waals surface area contributed by atoms with Gasteiger partial charge in [0.25, 0.3) is 5.91 Å². The van der Waals surface area contributed by atoms with Crippen LogP contribution in [0, 0.1) is 0 Å². The molecule has 0 saturated heterocycles. The molecule has 0 spiro atoms. The first kappa shape index (κ1) is 16.7. The summed E-state index contributed by atoms with van der Waals surface area (Å²) in [6.07, 6.45) is 9.03. The van der Waals surface area contributed by atoms with Gasteiger partial charge in [-0.15, -0.1) is 0 Å². The van der Waals surface area contributed by atoms with Gasteiger partial charge in [0.15, 0.2) is 5.69 Å². The average molecular weight is 281 g/mol. The van der Waals surface area contributed by atoms with Crippen LogP contribution in [0.25, 0.3) is 0 Å². The van der Waals surface area contributed by atoms with E-state index in [4.69, 9.17) is 10.2 Å². The maximum Gasteiger partial charge on any atom is 0.273 e. The van der Waals surface area contributed by atoms with Crippen LogP contribution in [0.2, 0.25) is 0 Å². The van der Waals surface area contributed by atoms with Crippen molar-refractivity contribution in [3.05, 3.63) is 17.8 Å². The van der Waals surface area contributed by atoms with Crippen LogP contribution in [0.3, 0.4) is 0 Å². The molecule has 1 atom stereocenters. The summed E-state index contributed by atoms with van der Waals surface area (Å²) in [4.78, 5) is 16.0. The van der Waals surface area contributed by atoms with E-state index in [0.717, 1.165) is 25.7 Å². The van der Waals surface area contributed by atoms with E-state index in [1.807, 2.05) is 0 Å². The molecule has 1 unspecified atom stereocenters. The topological polar surface area (TPSA) is 81.2 Å². The van der Waals surface area contributed by atoms with Gasteiger partial charge in [-0.2, -0.15) is 0 Å². The van der Waals surface area contributed by atoms with Crippen LogP contribution in [0.15, 0.2) is 10.7 Å². The molecule has 20 heavy (non-hydrogen) atoms. The molecule has 5 nitrogen and oxygen atoms in total. The van der Waals surface area contributed by atoms with Crippen molar-refractivity contribution < 1.29 is 9.21 Å². The number of aromatic nitrogens is 1. The van der Waals surface area contributed by atoms with Gasteiger partial charge in [0.2, 0.25) is 5.89 Å². The zero-order valence-corrected chi connectivity index (χ0v) is 12.7. The van der Waals surface area contributed by atoms with Crippen LogP contribution >= 0.6 is 0 Å². The molecule has 0 aromatic carbocycles. The van der Waals surface area contributed by atoms with Crippen molar-refractivity contribution in [1.29, 1.82) is 0 Å². The predicted molar refractivity (Wildman–Crippen MR) is 79.4 cm³/mol. The molecule has 1 heterocycles. The lowest BCUT2D eigenvalue weighted by molar-refractivity contribution is 0.0948. The highest BCUT2D eigenvalue weighted by molar-refractivity contribution is 5.91. The standard InChI is InChI=1S/C15H27N3O2/c1-3-5-6-7-8-10-17-14(19)13-11-20-15(18-13)12(16)9-4-2/h11-12H,3-10,16H2,1-2H3,(H,17,19). The number of nitrogens with two attached hydrogens (primary N) is 1. The zero-order valence-electron chi connectivity index (χ0n) is 12.7. The molecule has 114 valence electrons. The van der Waals surface area contributed by atoms with E-state index in [-0.39, 0.29) is 11.9 Å². The fourth-order valence-electron chi connectivity index (χ4n) is 2.02. The van der Waals surface area contributed by atoms with E-state index in [0.29, 0.717) is 18.1 Å². The molecule has 0 aliphatic heterocycles. The van der Waals surface area contributed by atoms with Crippen LogP contribution in [0.5, 0.6) is 0 Å². The highest BCUT2D eigenvalue weighted by atomic mass is 16.3. The second-order valence-electron chi connectivity index (χ2n) is 5.14. The Bertz CT molecular complexity index is 390. The highest BCUT2D eigenvalue weighted by Crippen LogP contribution is 2.14. The number of rotatable bonds is 10. The third kappa shape index (κ3) is 5.74. The Hall–Kier alpha value is -1.36. The van der Waals surface area contributed by atoms with E-state index in [2.05, 4.69) is 24.1 Å². The van der Waals surface area contributed by atoms with Gasteiger partial charge in [-0.3, -0.25) is 4.79 Å². The van der Waals surface area contributed by atoms with Crippen LogP contribution in [-0.4, -0.2) is 17.4 Å². The number of carbonyl (C=O) groups is 1. The fourth-order valence-corrected chi connectivity index (χ4v) is 2.02. The molecule has 1 aromatic rings. The van der Waals surface area contributed by atoms with Crippen LogP contribution in [-0.2, 0) is 0 Å². The lowest BCUT2D eigenvalue weighted by Gasteiger charge is -2.04. The van der Waals surface area contributed by atoms with E-state index in [9.17, 15) is 4.79 Å². The van der Waals surface area contributed by atoms with Gasteiger partial charge in [0, 0.05) is 6.54 Å². The molecule has 0 saturated carbocycles. The predicted octanol–water partition coefficient (Wildman–Crippen LogP) is 3.17. The maximum absolute atomic E-state index is 11.9. The Morgan fingerprint density at radius 3 is 2.75 bits per heavy atom. The van der Waals surface area contributed by atoms with Gasteiger partial charge in [0.05, 0.1) is 6.04 Å². The number of hydrogen-bond donors (Lipinski definition) is 2. The lowest BCUT2D eigenvalue weighted by atomic mass is 10.1. The molecular formula is C15H27N3O2. The molecule has 0 aliphatic carbocycles. The minimum absolute atomic E-state index is 0.181. The number of unbranched alkanes of at least 4 members (excludes halogenated alkanes) is 4. The number of hydrogen-bond acceptors (Lipinski definition) is 4. The molecule has 1 rings (SSSR count). The Morgan fingerprint density at radius 1 is 1.30 bits per heavy atom. The summed E-state index contributed by atoms with van der Waals surface area (Å²) in [5.41, 5.74) is 6.22. The Morgan fingerprint density at radius 2 is 2.05 bits per heavy atom. The minimum atomic E-state index is -0.226. The van der Waals surface area contributed by atoms with Crippen LogP contribution in [0.1, 0.15) is 81.2 Å². The van der Waals surface area contributed by atoms with E-state index in [1.165, 1.54) is 25.5 Å². The van der Waals surface area contributed by atoms with Crippen LogP contribution < -0.4 is 11.1 Å². The second-order valence-corrected chi connectivity index (χ2v) is 5.14. The zero-order chi connectivity index (χ0) is 14.8. The van der Waals surface area contributed by atoms with E-state index < -0.39 is 0 Å². The molecule has 0 bridgehead atoms. The summed E-state index contributed by atoms with van der Waals surface area (Å²) in [6.45, 7) is 4.92. The van der Waals surface area contributed by atoms with Gasteiger partial charge in [0.1, 0.15) is 6.26 Å². The van der Waals surface area contributed by atoms with Gasteiger partial charge >= 0.3 is 0 Å². The van der Waals surface area contributed by atoms with Gasteiger partial charge < -0.3 is 15.5 Å². The molecular weight excluding hydrogens is 254 g/mol. The summed E-state index contributed by atoms with van der Waals surface area (Å²) in [5, 5.41) is 2.86. The van der Waals surface area contributed by atoms with Crippen molar-refractivity contribution in [2.75, 3.05) is 6.54 Å². The van der Waals surface area contributed by atoms with Crippen LogP contribution in [0.4, 0.5) is 0 Å². The summed E-state index contributed by atoms with van der Waals surface area (Å²) >= 11 is 0. The smallest absolute Gasteiger partial charge is 0.273 e. The van der Waals surface area contributed by atoms with Gasteiger partial charge in [-0.25, -0.2) is 4.98 Å². The molecule has 0 fully saturated rings. The molecule has 0 radical (unpaired) electrons. The van der Waals surface area contributed by atoms with Crippen molar-refractivity contribution in [3.63, 3.8) is 0 Å². The molecule has 3 N–H and O–H groups in total. The molecule has 1 amide bonds. The van der Waals surface area contributed by atoms with Crippen molar-refractivity contribution >= 4 is 5.91 Å². The first-order valence-corrected chi connectivity index (χ1v) is 7.68. The lowest BCUT2D eigenvalue weighted by Crippen LogP contribution is -2.25. The first-order chi connectivity index (χ1) is 9.69. The van der Waals surface area contributed by atoms with Crippen molar-refractivity contribution in [3.8, 4) is 0 Å². The maximum atomic E-state index is 11.9. The second kappa shape index (κ2) is 9.53. The third-order valence-corrected chi connectivity index (χ3v) is 3.24. The molecule has 0 aliphatic rings. The van der Waals surface area contributed by atoms with Crippen molar-refractivity contribution in [2.24, 2.45) is 5.73 Å². The Balaban J connectivity index is 2.29. The summed E-state index contributed by atoms with van der Waals surface area (Å²) < 4.78 is 5.26. The molecule has 1 aromatic heterocycles. The summed E-state index contributed by atoms with van der Waals surface area (Å²) in [5.74, 6) is 0.263. The summed E-state index contributed by atoms with van der Waals surface area (Å²) in [6, 6.07) is -0.226. The highest BCUT2D eigenvalue weighted by Gasteiger charge is 2.15. The van der Waals surface area contributed by atoms with Gasteiger partial charge in [-0.05, 0) is 12.8 Å². The number of nitrogens with one attached hydrogen (secondary N) is 1. The SMILES string of the molecule is CCCCCCCNC(=O)c1coc(C(N)CCC)n1. The quantitative estimate of drug-likeness (QED) is 0.645. The first-order valence-electron chi connectivity index (χ1n) is 7.68. The number of amides is 1. The third-order valence-electron chi connectivity index (χ3n) is 3.24. The van der Waals surface area contributed by atoms with Crippen molar-refractivity contribution in [1.82, 2.24) is 10.3 Å². The monoisotopic (exact) mass is 281 g/mol. The largest absolute Gasteiger partial charge is 0.446 e. The Kier molecular flexibility index (Phi) is 7.95. The summed E-state index contributed by atoms with van der Waals surface area (Å²) in [7, 11) is 0. The van der Waals surface area contributed by atoms with Crippen molar-refractivity contribution in [2.45, 2.75) is 64.8 Å².